The van der Waals surface area contributed by atoms with Crippen LogP contribution in [0, 0.1) is 0 Å². The summed E-state index contributed by atoms with van der Waals surface area (Å²) in [4.78, 5) is 52.2. The number of esters is 1. The Bertz CT molecular complexity index is 1140. The lowest BCUT2D eigenvalue weighted by atomic mass is 10.2. The molecular formula is C24H23N3O6S. The van der Waals surface area contributed by atoms with Crippen LogP contribution in [0.3, 0.4) is 0 Å². The van der Waals surface area contributed by atoms with Gasteiger partial charge >= 0.3 is 5.97 Å². The van der Waals surface area contributed by atoms with Crippen LogP contribution in [-0.2, 0) is 19.1 Å². The number of benzene rings is 2. The van der Waals surface area contributed by atoms with Crippen molar-refractivity contribution in [2.75, 3.05) is 43.1 Å². The molecule has 2 aromatic rings. The number of hydrogen-bond acceptors (Lipinski definition) is 8. The minimum Gasteiger partial charge on any atom is -0.427 e. The number of para-hydroxylation sites is 2. The number of amides is 3. The van der Waals surface area contributed by atoms with E-state index in [1.165, 1.54) is 6.92 Å². The molecule has 2 heterocycles. The van der Waals surface area contributed by atoms with E-state index in [0.717, 1.165) is 22.3 Å². The molecule has 3 amide bonds. The topological polar surface area (TPSA) is 105 Å². The number of hydrogen-bond donors (Lipinski definition) is 1. The number of anilines is 2. The molecule has 176 valence electrons. The Balaban J connectivity index is 1.41. The van der Waals surface area contributed by atoms with Crippen LogP contribution in [0.25, 0.3) is 6.08 Å². The molecule has 0 radical (unpaired) electrons. The molecule has 2 fully saturated rings. The van der Waals surface area contributed by atoms with Gasteiger partial charge in [-0.2, -0.15) is 0 Å². The molecule has 0 spiro atoms. The highest BCUT2D eigenvalue weighted by molar-refractivity contribution is 8.18. The fraction of sp³-hybridized carbons (Fsp3) is 0.250. The first-order chi connectivity index (χ1) is 16.4. The summed E-state index contributed by atoms with van der Waals surface area (Å²) in [6, 6.07) is 13.9. The Morgan fingerprint density at radius 3 is 2.50 bits per heavy atom. The zero-order chi connectivity index (χ0) is 24.1. The Morgan fingerprint density at radius 2 is 1.79 bits per heavy atom. The van der Waals surface area contributed by atoms with Gasteiger partial charge in [0.25, 0.3) is 11.1 Å². The lowest BCUT2D eigenvalue weighted by molar-refractivity contribution is -0.131. The zero-order valence-corrected chi connectivity index (χ0v) is 19.3. The van der Waals surface area contributed by atoms with E-state index < -0.39 is 23.0 Å². The van der Waals surface area contributed by atoms with Gasteiger partial charge in [0.1, 0.15) is 12.3 Å². The number of thioether (sulfide) groups is 1. The molecular weight excluding hydrogens is 458 g/mol. The third-order valence-electron chi connectivity index (χ3n) is 5.14. The van der Waals surface area contributed by atoms with Crippen LogP contribution >= 0.6 is 11.8 Å². The van der Waals surface area contributed by atoms with Gasteiger partial charge in [-0.05, 0) is 47.7 Å². The van der Waals surface area contributed by atoms with Crippen molar-refractivity contribution in [3.63, 3.8) is 0 Å². The van der Waals surface area contributed by atoms with Crippen molar-refractivity contribution >= 4 is 52.2 Å². The number of carbonyl (C=O) groups excluding carboxylic acids is 4. The van der Waals surface area contributed by atoms with Crippen LogP contribution in [0.15, 0.2) is 53.4 Å². The molecule has 4 rings (SSSR count). The van der Waals surface area contributed by atoms with Crippen molar-refractivity contribution in [1.82, 2.24) is 4.90 Å². The van der Waals surface area contributed by atoms with Crippen molar-refractivity contribution < 1.29 is 28.7 Å². The molecule has 10 heteroatoms. The summed E-state index contributed by atoms with van der Waals surface area (Å²) in [5, 5.41) is 2.31. The number of ether oxygens (including phenoxy) is 2. The van der Waals surface area contributed by atoms with Crippen molar-refractivity contribution in [2.45, 2.75) is 6.92 Å². The Hall–Kier alpha value is -3.63. The second kappa shape index (κ2) is 10.5. The van der Waals surface area contributed by atoms with E-state index in [2.05, 4.69) is 10.2 Å². The fourth-order valence-electron chi connectivity index (χ4n) is 3.58. The summed E-state index contributed by atoms with van der Waals surface area (Å²) in [7, 11) is 0. The molecule has 9 nitrogen and oxygen atoms in total. The highest BCUT2D eigenvalue weighted by atomic mass is 32.2. The maximum absolute atomic E-state index is 12.8. The van der Waals surface area contributed by atoms with Crippen molar-refractivity contribution in [1.29, 1.82) is 0 Å². The van der Waals surface area contributed by atoms with Gasteiger partial charge in [-0.25, -0.2) is 0 Å². The van der Waals surface area contributed by atoms with Crippen LogP contribution in [0.1, 0.15) is 12.5 Å². The first-order valence-electron chi connectivity index (χ1n) is 10.7. The van der Waals surface area contributed by atoms with E-state index in [1.807, 2.05) is 18.2 Å². The summed E-state index contributed by atoms with van der Waals surface area (Å²) in [5.74, 6) is -1.04. The third-order valence-corrected chi connectivity index (χ3v) is 6.05. The number of morpholine rings is 1. The second-order valence-electron chi connectivity index (χ2n) is 7.60. The average Bonchev–Trinajstić information content (AvgIpc) is 3.08. The van der Waals surface area contributed by atoms with Crippen LogP contribution < -0.4 is 15.0 Å². The molecule has 34 heavy (non-hydrogen) atoms. The number of imide groups is 1. The summed E-state index contributed by atoms with van der Waals surface area (Å²) in [6.45, 7) is 3.56. The van der Waals surface area contributed by atoms with Crippen LogP contribution in [0.5, 0.6) is 5.75 Å². The minimum absolute atomic E-state index is 0.215. The molecule has 2 saturated heterocycles. The molecule has 0 aliphatic carbocycles. The van der Waals surface area contributed by atoms with Gasteiger partial charge in [-0.3, -0.25) is 24.1 Å². The first-order valence-corrected chi connectivity index (χ1v) is 11.5. The summed E-state index contributed by atoms with van der Waals surface area (Å²) < 4.78 is 10.4. The largest absolute Gasteiger partial charge is 0.427 e. The van der Waals surface area contributed by atoms with Gasteiger partial charge in [0.15, 0.2) is 0 Å². The number of carbonyl (C=O) groups is 4. The van der Waals surface area contributed by atoms with E-state index in [0.29, 0.717) is 43.3 Å². The van der Waals surface area contributed by atoms with E-state index in [4.69, 9.17) is 9.47 Å². The molecule has 1 N–H and O–H groups in total. The van der Waals surface area contributed by atoms with Crippen LogP contribution in [0.4, 0.5) is 16.2 Å². The molecule has 0 aromatic heterocycles. The number of nitrogens with zero attached hydrogens (tertiary/aromatic N) is 2. The maximum Gasteiger partial charge on any atom is 0.308 e. The monoisotopic (exact) mass is 481 g/mol. The van der Waals surface area contributed by atoms with Gasteiger partial charge in [0, 0.05) is 20.0 Å². The summed E-state index contributed by atoms with van der Waals surface area (Å²) in [6.07, 6.45) is 1.56. The van der Waals surface area contributed by atoms with Crippen molar-refractivity contribution in [3.8, 4) is 5.75 Å². The van der Waals surface area contributed by atoms with Crippen LogP contribution in [-0.4, -0.2) is 60.8 Å². The maximum atomic E-state index is 12.8. The molecule has 2 aliphatic heterocycles. The minimum atomic E-state index is -0.532. The predicted octanol–water partition coefficient (Wildman–Crippen LogP) is 3.12. The standard InChI is InChI=1S/C24H23N3O6S/c1-16(28)33-18-8-6-17(7-9-18)14-21-23(30)27(24(31)34-21)15-22(29)25-19-4-2-3-5-20(19)26-10-12-32-13-11-26/h2-9,14H,10-13,15H2,1H3,(H,25,29)/b21-14+. The summed E-state index contributed by atoms with van der Waals surface area (Å²) >= 11 is 0.777. The van der Waals surface area contributed by atoms with E-state index in [1.54, 1.807) is 36.4 Å². The van der Waals surface area contributed by atoms with Crippen LogP contribution in [0.2, 0.25) is 0 Å². The van der Waals surface area contributed by atoms with Gasteiger partial charge < -0.3 is 19.7 Å². The summed E-state index contributed by atoms with van der Waals surface area (Å²) in [5.41, 5.74) is 2.14. The zero-order valence-electron chi connectivity index (χ0n) is 18.5. The van der Waals surface area contributed by atoms with Crippen molar-refractivity contribution in [3.05, 3.63) is 59.0 Å². The Labute approximate surface area is 200 Å². The predicted molar refractivity (Wildman–Crippen MR) is 129 cm³/mol. The van der Waals surface area contributed by atoms with E-state index >= 15 is 0 Å². The van der Waals surface area contributed by atoms with Gasteiger partial charge in [0.05, 0.1) is 29.5 Å². The SMILES string of the molecule is CC(=O)Oc1ccc(/C=C2/SC(=O)N(CC(=O)Nc3ccccc3N3CCOCC3)C2=O)cc1. The molecule has 0 bridgehead atoms. The average molecular weight is 482 g/mol. The lowest BCUT2D eigenvalue weighted by Gasteiger charge is -2.30. The highest BCUT2D eigenvalue weighted by Crippen LogP contribution is 2.33. The second-order valence-corrected chi connectivity index (χ2v) is 8.59. The molecule has 0 atom stereocenters. The normalized spacial score (nSPS) is 17.3. The Kier molecular flexibility index (Phi) is 7.29. The lowest BCUT2D eigenvalue weighted by Crippen LogP contribution is -2.38. The highest BCUT2D eigenvalue weighted by Gasteiger charge is 2.36. The fourth-order valence-corrected chi connectivity index (χ4v) is 4.42. The third kappa shape index (κ3) is 5.64. The first kappa shape index (κ1) is 23.5. The van der Waals surface area contributed by atoms with Gasteiger partial charge in [-0.15, -0.1) is 0 Å². The van der Waals surface area contributed by atoms with Gasteiger partial charge in [0.2, 0.25) is 5.91 Å². The van der Waals surface area contributed by atoms with E-state index in [9.17, 15) is 19.2 Å². The Morgan fingerprint density at radius 1 is 1.09 bits per heavy atom. The quantitative estimate of drug-likeness (QED) is 0.381. The molecule has 0 saturated carbocycles. The van der Waals surface area contributed by atoms with E-state index in [-0.39, 0.29) is 11.4 Å². The number of rotatable bonds is 6. The van der Waals surface area contributed by atoms with Crippen molar-refractivity contribution in [2.24, 2.45) is 0 Å². The molecule has 2 aliphatic rings. The molecule has 2 aromatic carbocycles. The smallest absolute Gasteiger partial charge is 0.308 e. The molecule has 0 unspecified atom stereocenters. The number of nitrogens with one attached hydrogen (secondary N) is 1. The van der Waals surface area contributed by atoms with Gasteiger partial charge in [-0.1, -0.05) is 24.3 Å².